The van der Waals surface area contributed by atoms with Gasteiger partial charge < -0.3 is 0 Å². The van der Waals surface area contributed by atoms with Crippen LogP contribution in [0.3, 0.4) is 0 Å². The zero-order valence-corrected chi connectivity index (χ0v) is 6.51. The Hall–Kier alpha value is -0.860. The highest BCUT2D eigenvalue weighted by atomic mass is 16.2. The molecule has 1 radical (unpaired) electrons. The maximum absolute atomic E-state index is 11.1. The molecule has 1 aliphatic heterocycles. The van der Waals surface area contributed by atoms with Crippen molar-refractivity contribution in [3.63, 3.8) is 0 Å². The number of hydrogen-bond acceptors (Lipinski definition) is 2. The number of carbonyl (C=O) groups is 2. The average Bonchev–Trinajstić information content (AvgIpc) is 1.97. The van der Waals surface area contributed by atoms with Gasteiger partial charge in [-0.3, -0.25) is 14.5 Å². The van der Waals surface area contributed by atoms with E-state index in [2.05, 4.69) is 6.92 Å². The molecule has 0 unspecified atom stereocenters. The molecule has 0 bridgehead atoms. The van der Waals surface area contributed by atoms with Gasteiger partial charge in [0, 0.05) is 19.4 Å². The molecule has 1 aliphatic rings. The van der Waals surface area contributed by atoms with Crippen LogP contribution in [-0.4, -0.2) is 23.3 Å². The van der Waals surface area contributed by atoms with Gasteiger partial charge in [-0.25, -0.2) is 0 Å². The van der Waals surface area contributed by atoms with E-state index in [1.54, 1.807) is 0 Å². The van der Waals surface area contributed by atoms with Gasteiger partial charge in [-0.2, -0.15) is 0 Å². The molecule has 0 atom stereocenters. The number of imide groups is 1. The van der Waals surface area contributed by atoms with E-state index in [0.717, 1.165) is 0 Å². The molecular weight excluding hydrogens is 142 g/mol. The van der Waals surface area contributed by atoms with Crippen LogP contribution in [0.2, 0.25) is 0 Å². The predicted molar refractivity (Wildman–Crippen MR) is 40.5 cm³/mol. The zero-order chi connectivity index (χ0) is 8.27. The van der Waals surface area contributed by atoms with Crippen LogP contribution in [0.1, 0.15) is 25.7 Å². The summed E-state index contributed by atoms with van der Waals surface area (Å²) in [4.78, 5) is 23.5. The Bertz CT molecular complexity index is 161. The molecule has 0 N–H and O–H groups in total. The number of piperidine rings is 1. The molecule has 2 amide bonds. The highest BCUT2D eigenvalue weighted by molar-refractivity contribution is 5.97. The highest BCUT2D eigenvalue weighted by Crippen LogP contribution is 2.11. The van der Waals surface area contributed by atoms with Gasteiger partial charge in [-0.15, -0.1) is 0 Å². The minimum absolute atomic E-state index is 0.0371. The highest BCUT2D eigenvalue weighted by Gasteiger charge is 2.24. The number of amides is 2. The van der Waals surface area contributed by atoms with E-state index in [9.17, 15) is 9.59 Å². The average molecular weight is 154 g/mol. The molecule has 1 rings (SSSR count). The molecule has 3 heteroatoms. The van der Waals surface area contributed by atoms with Crippen molar-refractivity contribution in [2.75, 3.05) is 6.54 Å². The molecule has 1 saturated heterocycles. The minimum Gasteiger partial charge on any atom is -0.283 e. The van der Waals surface area contributed by atoms with Crippen LogP contribution in [0.5, 0.6) is 0 Å². The van der Waals surface area contributed by atoms with E-state index in [1.165, 1.54) is 4.90 Å². The number of carbonyl (C=O) groups excluding carboxylic acids is 2. The van der Waals surface area contributed by atoms with Crippen LogP contribution in [0, 0.1) is 6.92 Å². The number of nitrogens with zero attached hydrogens (tertiary/aromatic N) is 1. The van der Waals surface area contributed by atoms with Crippen molar-refractivity contribution in [2.24, 2.45) is 0 Å². The molecule has 0 saturated carbocycles. The lowest BCUT2D eigenvalue weighted by atomic mass is 10.1. The van der Waals surface area contributed by atoms with Crippen molar-refractivity contribution in [1.82, 2.24) is 4.90 Å². The molecule has 3 nitrogen and oxygen atoms in total. The summed E-state index contributed by atoms with van der Waals surface area (Å²) in [7, 11) is 0. The van der Waals surface area contributed by atoms with Gasteiger partial charge in [0.1, 0.15) is 0 Å². The maximum atomic E-state index is 11.1. The summed E-state index contributed by atoms with van der Waals surface area (Å²) in [6.45, 7) is 4.09. The van der Waals surface area contributed by atoms with E-state index in [-0.39, 0.29) is 11.8 Å². The summed E-state index contributed by atoms with van der Waals surface area (Å²) in [6.07, 6.45) is 2.36. The SMILES string of the molecule is [CH2]CCN1C(=O)CCCC1=O. The van der Waals surface area contributed by atoms with Crippen molar-refractivity contribution in [2.45, 2.75) is 25.7 Å². The van der Waals surface area contributed by atoms with Crippen molar-refractivity contribution in [3.8, 4) is 0 Å². The molecular formula is C8H12NO2. The molecule has 0 spiro atoms. The molecule has 0 aromatic rings. The summed E-state index contributed by atoms with van der Waals surface area (Å²) in [5, 5.41) is 0. The Labute approximate surface area is 66.4 Å². The third-order valence-corrected chi connectivity index (χ3v) is 1.77. The maximum Gasteiger partial charge on any atom is 0.229 e. The van der Waals surface area contributed by atoms with E-state index < -0.39 is 0 Å². The van der Waals surface area contributed by atoms with Crippen molar-refractivity contribution >= 4 is 11.8 Å². The van der Waals surface area contributed by atoms with Crippen LogP contribution in [0.15, 0.2) is 0 Å². The first-order valence-electron chi connectivity index (χ1n) is 3.88. The largest absolute Gasteiger partial charge is 0.283 e. The van der Waals surface area contributed by atoms with Gasteiger partial charge in [0.15, 0.2) is 0 Å². The van der Waals surface area contributed by atoms with Crippen LogP contribution in [0.25, 0.3) is 0 Å². The third-order valence-electron chi connectivity index (χ3n) is 1.77. The van der Waals surface area contributed by atoms with E-state index in [0.29, 0.717) is 32.2 Å². The molecule has 1 heterocycles. The molecule has 61 valence electrons. The fraction of sp³-hybridized carbons (Fsp3) is 0.625. The predicted octanol–water partition coefficient (Wildman–Crippen LogP) is 0.750. The lowest BCUT2D eigenvalue weighted by Crippen LogP contribution is -2.40. The monoisotopic (exact) mass is 154 g/mol. The first-order chi connectivity index (χ1) is 5.25. The standard InChI is InChI=1S/C8H12NO2/c1-2-6-9-7(10)4-3-5-8(9)11/h1-6H2. The molecule has 0 aromatic carbocycles. The van der Waals surface area contributed by atoms with Gasteiger partial charge >= 0.3 is 0 Å². The first-order valence-corrected chi connectivity index (χ1v) is 3.88. The summed E-state index contributed by atoms with van der Waals surface area (Å²) in [5.41, 5.74) is 0. The lowest BCUT2D eigenvalue weighted by molar-refractivity contribution is -0.147. The number of rotatable bonds is 2. The molecule has 11 heavy (non-hydrogen) atoms. The number of likely N-dealkylation sites (tertiary alicyclic amines) is 1. The Balaban J connectivity index is 2.55. The summed E-state index contributed by atoms with van der Waals surface area (Å²) >= 11 is 0. The number of hydrogen-bond donors (Lipinski definition) is 0. The first kappa shape index (κ1) is 8.24. The van der Waals surface area contributed by atoms with Gasteiger partial charge in [0.2, 0.25) is 11.8 Å². The molecule has 0 aliphatic carbocycles. The van der Waals surface area contributed by atoms with Crippen molar-refractivity contribution in [1.29, 1.82) is 0 Å². The fourth-order valence-corrected chi connectivity index (χ4v) is 1.21. The van der Waals surface area contributed by atoms with Gasteiger partial charge in [0.05, 0.1) is 0 Å². The second-order valence-electron chi connectivity index (χ2n) is 2.65. The topological polar surface area (TPSA) is 37.4 Å². The van der Waals surface area contributed by atoms with E-state index in [4.69, 9.17) is 0 Å². The van der Waals surface area contributed by atoms with Crippen molar-refractivity contribution < 1.29 is 9.59 Å². The van der Waals surface area contributed by atoms with Gasteiger partial charge in [-0.05, 0) is 12.8 Å². The van der Waals surface area contributed by atoms with Gasteiger partial charge in [-0.1, -0.05) is 6.92 Å². The second-order valence-corrected chi connectivity index (χ2v) is 2.65. The quantitative estimate of drug-likeness (QED) is 0.550. The van der Waals surface area contributed by atoms with Gasteiger partial charge in [0.25, 0.3) is 0 Å². The van der Waals surface area contributed by atoms with Crippen LogP contribution < -0.4 is 0 Å². The minimum atomic E-state index is -0.0371. The Morgan fingerprint density at radius 3 is 2.27 bits per heavy atom. The molecule has 1 fully saturated rings. The normalized spacial score (nSPS) is 19.2. The summed E-state index contributed by atoms with van der Waals surface area (Å²) in [5.74, 6) is -0.0743. The smallest absolute Gasteiger partial charge is 0.229 e. The second kappa shape index (κ2) is 3.51. The van der Waals surface area contributed by atoms with Crippen LogP contribution in [-0.2, 0) is 9.59 Å². The fourth-order valence-electron chi connectivity index (χ4n) is 1.21. The Morgan fingerprint density at radius 2 is 1.82 bits per heavy atom. The molecule has 0 aromatic heterocycles. The lowest BCUT2D eigenvalue weighted by Gasteiger charge is -2.23. The van der Waals surface area contributed by atoms with Crippen LogP contribution in [0.4, 0.5) is 0 Å². The van der Waals surface area contributed by atoms with Crippen LogP contribution >= 0.6 is 0 Å². The van der Waals surface area contributed by atoms with Crippen molar-refractivity contribution in [3.05, 3.63) is 6.92 Å². The Morgan fingerprint density at radius 1 is 1.27 bits per heavy atom. The summed E-state index contributed by atoms with van der Waals surface area (Å²) < 4.78 is 0. The zero-order valence-electron chi connectivity index (χ0n) is 6.51. The Kier molecular flexibility index (Phi) is 2.63. The van der Waals surface area contributed by atoms with E-state index >= 15 is 0 Å². The third kappa shape index (κ3) is 1.79. The summed E-state index contributed by atoms with van der Waals surface area (Å²) in [6, 6.07) is 0. The van der Waals surface area contributed by atoms with E-state index in [1.807, 2.05) is 0 Å².